The first-order valence-electron chi connectivity index (χ1n) is 9.24. The van der Waals surface area contributed by atoms with Crippen LogP contribution in [0.4, 0.5) is 14.6 Å². The molecule has 10 heteroatoms. The Balaban J connectivity index is 1.74. The molecular formula is C21H18BrF2N3O3S. The van der Waals surface area contributed by atoms with E-state index in [2.05, 4.69) is 31.2 Å². The van der Waals surface area contributed by atoms with Crippen molar-refractivity contribution in [1.29, 1.82) is 0 Å². The second-order valence-electron chi connectivity index (χ2n) is 6.26. The average molecular weight is 510 g/mol. The van der Waals surface area contributed by atoms with Crippen LogP contribution in [0.3, 0.4) is 0 Å². The molecule has 2 heterocycles. The zero-order chi connectivity index (χ0) is 22.4. The first-order chi connectivity index (χ1) is 14.9. The third-order valence-electron chi connectivity index (χ3n) is 4.11. The lowest BCUT2D eigenvalue weighted by atomic mass is 10.1. The molecule has 0 radical (unpaired) electrons. The molecule has 3 rings (SSSR count). The van der Waals surface area contributed by atoms with Crippen LogP contribution in [0.2, 0.25) is 0 Å². The lowest BCUT2D eigenvalue weighted by molar-refractivity contribution is -0.131. The fraction of sp³-hybridized carbons (Fsp3) is 0.190. The standard InChI is InChI=1S/C21H18BrF2N3O3S/c1-2-30-17-10-19(31-18(17)3-4-21(28)29)16-9-20(27-11-26-16)25-6-5-13-14(23)7-12(22)8-15(13)24/h3-4,7-11H,2,5-6H2,1H3,(H,28,29)(H,25,26,27)/b4-3+. The molecule has 0 aliphatic heterocycles. The second kappa shape index (κ2) is 10.5. The Kier molecular flexibility index (Phi) is 7.69. The first-order valence-corrected chi connectivity index (χ1v) is 10.9. The number of aliphatic carboxylic acids is 1. The van der Waals surface area contributed by atoms with Gasteiger partial charge in [0.25, 0.3) is 0 Å². The molecule has 0 saturated heterocycles. The Morgan fingerprint density at radius 3 is 2.68 bits per heavy atom. The highest BCUT2D eigenvalue weighted by Gasteiger charge is 2.13. The summed E-state index contributed by atoms with van der Waals surface area (Å²) in [5.74, 6) is -1.21. The van der Waals surface area contributed by atoms with Gasteiger partial charge in [0.05, 0.1) is 22.1 Å². The van der Waals surface area contributed by atoms with Crippen LogP contribution in [0, 0.1) is 11.6 Å². The van der Waals surface area contributed by atoms with Gasteiger partial charge in [0, 0.05) is 34.8 Å². The van der Waals surface area contributed by atoms with Crippen molar-refractivity contribution < 1.29 is 23.4 Å². The molecule has 6 nitrogen and oxygen atoms in total. The maximum atomic E-state index is 14.0. The summed E-state index contributed by atoms with van der Waals surface area (Å²) in [7, 11) is 0. The summed E-state index contributed by atoms with van der Waals surface area (Å²) in [6, 6.07) is 5.95. The Morgan fingerprint density at radius 1 is 1.26 bits per heavy atom. The Labute approximate surface area is 189 Å². The second-order valence-corrected chi connectivity index (χ2v) is 8.26. The Morgan fingerprint density at radius 2 is 2.00 bits per heavy atom. The number of carboxylic acids is 1. The van der Waals surface area contributed by atoms with E-state index < -0.39 is 17.6 Å². The summed E-state index contributed by atoms with van der Waals surface area (Å²) in [6.07, 6.45) is 4.04. The minimum Gasteiger partial charge on any atom is -0.492 e. The number of ether oxygens (including phenoxy) is 1. The van der Waals surface area contributed by atoms with Gasteiger partial charge >= 0.3 is 5.97 Å². The Hall–Kier alpha value is -2.85. The van der Waals surface area contributed by atoms with Crippen LogP contribution in [0.25, 0.3) is 16.6 Å². The zero-order valence-corrected chi connectivity index (χ0v) is 18.8. The molecule has 0 aliphatic carbocycles. The van der Waals surface area contributed by atoms with Gasteiger partial charge in [-0.1, -0.05) is 15.9 Å². The SMILES string of the molecule is CCOc1cc(-c2cc(NCCc3c(F)cc(Br)cc3F)ncn2)sc1/C=C/C(=O)O. The number of benzene rings is 1. The summed E-state index contributed by atoms with van der Waals surface area (Å²) in [4.78, 5) is 20.7. The van der Waals surface area contributed by atoms with E-state index in [4.69, 9.17) is 9.84 Å². The predicted molar refractivity (Wildman–Crippen MR) is 119 cm³/mol. The lowest BCUT2D eigenvalue weighted by Crippen LogP contribution is -2.09. The first kappa shape index (κ1) is 22.8. The average Bonchev–Trinajstić information content (AvgIpc) is 3.12. The van der Waals surface area contributed by atoms with Gasteiger partial charge in [0.2, 0.25) is 0 Å². The number of nitrogens with one attached hydrogen (secondary N) is 1. The highest BCUT2D eigenvalue weighted by molar-refractivity contribution is 9.10. The number of hydrogen-bond acceptors (Lipinski definition) is 6. The van der Waals surface area contributed by atoms with Crippen molar-refractivity contribution in [3.8, 4) is 16.3 Å². The highest BCUT2D eigenvalue weighted by Crippen LogP contribution is 2.37. The van der Waals surface area contributed by atoms with Crippen molar-refractivity contribution >= 4 is 45.1 Å². The number of nitrogens with zero attached hydrogens (tertiary/aromatic N) is 2. The molecule has 2 N–H and O–H groups in total. The van der Waals surface area contributed by atoms with E-state index in [9.17, 15) is 13.6 Å². The van der Waals surface area contributed by atoms with Crippen LogP contribution in [0.5, 0.6) is 5.75 Å². The number of aromatic nitrogens is 2. The molecule has 0 unspecified atom stereocenters. The maximum absolute atomic E-state index is 14.0. The molecule has 31 heavy (non-hydrogen) atoms. The van der Waals surface area contributed by atoms with Crippen molar-refractivity contribution in [3.05, 3.63) is 63.2 Å². The normalized spacial score (nSPS) is 11.1. The summed E-state index contributed by atoms with van der Waals surface area (Å²) in [5.41, 5.74) is 0.610. The molecular weight excluding hydrogens is 492 g/mol. The highest BCUT2D eigenvalue weighted by atomic mass is 79.9. The number of carboxylic acid groups (broad SMARTS) is 1. The number of halogens is 3. The fourth-order valence-electron chi connectivity index (χ4n) is 2.76. The molecule has 0 aliphatic rings. The van der Waals surface area contributed by atoms with Gasteiger partial charge in [-0.15, -0.1) is 11.3 Å². The fourth-order valence-corrected chi connectivity index (χ4v) is 4.14. The molecule has 2 aromatic heterocycles. The van der Waals surface area contributed by atoms with Crippen LogP contribution in [0.15, 0.2) is 41.1 Å². The van der Waals surface area contributed by atoms with E-state index in [0.29, 0.717) is 33.2 Å². The molecule has 0 spiro atoms. The van der Waals surface area contributed by atoms with Gasteiger partial charge in [-0.05, 0) is 31.6 Å². The van der Waals surface area contributed by atoms with E-state index in [1.807, 2.05) is 6.92 Å². The predicted octanol–water partition coefficient (Wildman–Crippen LogP) is 5.40. The number of thiophene rings is 1. The van der Waals surface area contributed by atoms with Gasteiger partial charge in [0.1, 0.15) is 29.5 Å². The van der Waals surface area contributed by atoms with Gasteiger partial charge in [0.15, 0.2) is 0 Å². The van der Waals surface area contributed by atoms with Crippen molar-refractivity contribution in [2.45, 2.75) is 13.3 Å². The quantitative estimate of drug-likeness (QED) is 0.376. The van der Waals surface area contributed by atoms with Crippen molar-refractivity contribution in [3.63, 3.8) is 0 Å². The lowest BCUT2D eigenvalue weighted by Gasteiger charge is -2.08. The van der Waals surface area contributed by atoms with Crippen LogP contribution in [0.1, 0.15) is 17.4 Å². The van der Waals surface area contributed by atoms with Crippen molar-refractivity contribution in [1.82, 2.24) is 9.97 Å². The van der Waals surface area contributed by atoms with Crippen LogP contribution < -0.4 is 10.1 Å². The summed E-state index contributed by atoms with van der Waals surface area (Å²) >= 11 is 4.39. The largest absolute Gasteiger partial charge is 0.492 e. The topological polar surface area (TPSA) is 84.3 Å². The van der Waals surface area contributed by atoms with E-state index in [1.54, 1.807) is 12.1 Å². The molecule has 1 aromatic carbocycles. The molecule has 0 atom stereocenters. The van der Waals surface area contributed by atoms with Crippen LogP contribution in [-0.2, 0) is 11.2 Å². The molecule has 0 saturated carbocycles. The van der Waals surface area contributed by atoms with E-state index in [1.165, 1.54) is 35.9 Å². The maximum Gasteiger partial charge on any atom is 0.328 e. The van der Waals surface area contributed by atoms with Crippen molar-refractivity contribution in [2.24, 2.45) is 0 Å². The molecule has 0 bridgehead atoms. The van der Waals surface area contributed by atoms with Crippen LogP contribution in [-0.4, -0.2) is 34.2 Å². The number of carbonyl (C=O) groups is 1. The smallest absolute Gasteiger partial charge is 0.328 e. The number of anilines is 1. The monoisotopic (exact) mass is 509 g/mol. The van der Waals surface area contributed by atoms with E-state index in [-0.39, 0.29) is 18.5 Å². The molecule has 0 fully saturated rings. The third-order valence-corrected chi connectivity index (χ3v) is 5.67. The van der Waals surface area contributed by atoms with Gasteiger partial charge in [-0.2, -0.15) is 0 Å². The zero-order valence-electron chi connectivity index (χ0n) is 16.4. The summed E-state index contributed by atoms with van der Waals surface area (Å²) in [6.45, 7) is 2.54. The van der Waals surface area contributed by atoms with Gasteiger partial charge in [-0.3, -0.25) is 0 Å². The Bertz CT molecular complexity index is 1100. The minimum atomic E-state index is -1.05. The molecule has 3 aromatic rings. The minimum absolute atomic E-state index is 0.000507. The summed E-state index contributed by atoms with van der Waals surface area (Å²) < 4.78 is 33.9. The van der Waals surface area contributed by atoms with Crippen LogP contribution >= 0.6 is 27.3 Å². The molecule has 0 amide bonds. The number of rotatable bonds is 9. The van der Waals surface area contributed by atoms with Crippen molar-refractivity contribution in [2.75, 3.05) is 18.5 Å². The van der Waals surface area contributed by atoms with E-state index in [0.717, 1.165) is 11.0 Å². The van der Waals surface area contributed by atoms with E-state index >= 15 is 0 Å². The van der Waals surface area contributed by atoms with Gasteiger partial charge in [-0.25, -0.2) is 23.5 Å². The van der Waals surface area contributed by atoms with Gasteiger partial charge < -0.3 is 15.2 Å². The third kappa shape index (κ3) is 6.08. The molecule has 162 valence electrons. The summed E-state index contributed by atoms with van der Waals surface area (Å²) in [5, 5.41) is 11.9. The number of hydrogen-bond donors (Lipinski definition) is 2.